The van der Waals surface area contributed by atoms with E-state index in [1.807, 2.05) is 24.9 Å². The number of nitrogens with one attached hydrogen (secondary N) is 1. The zero-order chi connectivity index (χ0) is 23.7. The van der Waals surface area contributed by atoms with Gasteiger partial charge in [0, 0.05) is 55.6 Å². The molecule has 7 rings (SSSR count). The number of rotatable bonds is 4. The highest BCUT2D eigenvalue weighted by molar-refractivity contribution is 5.89. The normalized spacial score (nSPS) is 26.1. The molecule has 3 saturated carbocycles. The van der Waals surface area contributed by atoms with Gasteiger partial charge in [-0.3, -0.25) is 9.36 Å². The van der Waals surface area contributed by atoms with Crippen LogP contribution >= 0.6 is 0 Å². The second kappa shape index (κ2) is 7.45. The second-order valence-electron chi connectivity index (χ2n) is 10.8. The standard InChI is InChI=1S/C25H33N7O2/c1-16-12-21(18-13-26-30(3)22(18)27-16)31-11-4-20-19(14-31)17(2)29-32(20)15-24-5-8-25(9-6-24,10-7-24)28-23(33)34/h12-13,28H,4-11,14-15H2,1-3H3,(H,33,34). The summed E-state index contributed by atoms with van der Waals surface area (Å²) >= 11 is 0. The van der Waals surface area contributed by atoms with Crippen LogP contribution in [-0.2, 0) is 26.6 Å². The summed E-state index contributed by atoms with van der Waals surface area (Å²) in [4.78, 5) is 18.4. The van der Waals surface area contributed by atoms with E-state index < -0.39 is 6.09 Å². The number of aryl methyl sites for hydroxylation is 3. The number of aromatic nitrogens is 5. The van der Waals surface area contributed by atoms with Gasteiger partial charge in [0.25, 0.3) is 0 Å². The summed E-state index contributed by atoms with van der Waals surface area (Å²) in [6.07, 6.45) is 8.05. The second-order valence-corrected chi connectivity index (χ2v) is 10.8. The summed E-state index contributed by atoms with van der Waals surface area (Å²) in [6, 6.07) is 2.18. The Labute approximate surface area is 199 Å². The van der Waals surface area contributed by atoms with Gasteiger partial charge < -0.3 is 15.3 Å². The van der Waals surface area contributed by atoms with E-state index in [0.29, 0.717) is 0 Å². The third-order valence-corrected chi connectivity index (χ3v) is 8.75. The van der Waals surface area contributed by atoms with Gasteiger partial charge in [0.05, 0.1) is 23.0 Å². The van der Waals surface area contributed by atoms with Crippen molar-refractivity contribution < 1.29 is 9.90 Å². The summed E-state index contributed by atoms with van der Waals surface area (Å²) in [7, 11) is 1.94. The number of carbonyl (C=O) groups is 1. The Kier molecular flexibility index (Phi) is 4.70. The van der Waals surface area contributed by atoms with Gasteiger partial charge in [0.1, 0.15) is 0 Å². The highest BCUT2D eigenvalue weighted by Crippen LogP contribution is 2.53. The number of pyridine rings is 1. The molecular formula is C25H33N7O2. The molecule has 0 aromatic carbocycles. The molecule has 0 radical (unpaired) electrons. The molecule has 0 unspecified atom stereocenters. The average molecular weight is 464 g/mol. The van der Waals surface area contributed by atoms with Gasteiger partial charge in [0.15, 0.2) is 5.65 Å². The fourth-order valence-electron chi connectivity index (χ4n) is 6.71. The molecule has 2 bridgehead atoms. The van der Waals surface area contributed by atoms with Crippen molar-refractivity contribution in [2.24, 2.45) is 12.5 Å². The number of hydrogen-bond acceptors (Lipinski definition) is 5. The molecule has 180 valence electrons. The van der Waals surface area contributed by atoms with E-state index in [1.165, 1.54) is 16.9 Å². The molecule has 2 N–H and O–H groups in total. The lowest BCUT2D eigenvalue weighted by Gasteiger charge is -2.53. The van der Waals surface area contributed by atoms with Gasteiger partial charge in [-0.15, -0.1) is 0 Å². The molecule has 4 aliphatic rings. The molecule has 3 fully saturated rings. The molecule has 9 heteroatoms. The molecule has 0 saturated heterocycles. The molecular weight excluding hydrogens is 430 g/mol. The number of fused-ring (bicyclic) bond motifs is 5. The number of nitrogens with zero attached hydrogens (tertiary/aromatic N) is 6. The predicted octanol–water partition coefficient (Wildman–Crippen LogP) is 3.70. The summed E-state index contributed by atoms with van der Waals surface area (Å²) < 4.78 is 4.14. The summed E-state index contributed by atoms with van der Waals surface area (Å²) in [5.74, 6) is 0. The van der Waals surface area contributed by atoms with E-state index in [0.717, 1.165) is 87.0 Å². The predicted molar refractivity (Wildman–Crippen MR) is 129 cm³/mol. The first-order chi connectivity index (χ1) is 16.3. The third kappa shape index (κ3) is 3.35. The molecule has 3 aromatic heterocycles. The Morgan fingerprint density at radius 3 is 2.62 bits per heavy atom. The van der Waals surface area contributed by atoms with Gasteiger partial charge in [-0.2, -0.15) is 10.2 Å². The lowest BCUT2D eigenvalue weighted by atomic mass is 9.57. The van der Waals surface area contributed by atoms with Crippen molar-refractivity contribution in [3.63, 3.8) is 0 Å². The Balaban J connectivity index is 1.24. The van der Waals surface area contributed by atoms with Crippen LogP contribution in [0.15, 0.2) is 12.3 Å². The van der Waals surface area contributed by atoms with E-state index in [9.17, 15) is 9.90 Å². The zero-order valence-corrected chi connectivity index (χ0v) is 20.3. The van der Waals surface area contributed by atoms with Gasteiger partial charge in [-0.05, 0) is 63.9 Å². The average Bonchev–Trinajstić information content (AvgIpc) is 3.33. The number of hydrogen-bond donors (Lipinski definition) is 2. The van der Waals surface area contributed by atoms with Crippen LogP contribution in [0.3, 0.4) is 0 Å². The van der Waals surface area contributed by atoms with Crippen molar-refractivity contribution in [3.05, 3.63) is 34.9 Å². The molecule has 1 amide bonds. The minimum atomic E-state index is -0.885. The fraction of sp³-hybridized carbons (Fsp3) is 0.600. The van der Waals surface area contributed by atoms with Gasteiger partial charge in [-0.1, -0.05) is 0 Å². The minimum Gasteiger partial charge on any atom is -0.465 e. The minimum absolute atomic E-state index is 0.201. The molecule has 3 aliphatic carbocycles. The monoisotopic (exact) mass is 463 g/mol. The van der Waals surface area contributed by atoms with Crippen LogP contribution in [0, 0.1) is 19.3 Å². The van der Waals surface area contributed by atoms with Crippen molar-refractivity contribution in [3.8, 4) is 0 Å². The number of carboxylic acid groups (broad SMARTS) is 1. The van der Waals surface area contributed by atoms with Crippen molar-refractivity contribution in [2.45, 2.75) is 77.4 Å². The largest absolute Gasteiger partial charge is 0.465 e. The zero-order valence-electron chi connectivity index (χ0n) is 20.3. The molecule has 0 spiro atoms. The van der Waals surface area contributed by atoms with E-state index in [1.54, 1.807) is 0 Å². The number of anilines is 1. The highest BCUT2D eigenvalue weighted by Gasteiger charge is 2.49. The van der Waals surface area contributed by atoms with E-state index >= 15 is 0 Å². The summed E-state index contributed by atoms with van der Waals surface area (Å²) in [5.41, 5.74) is 7.03. The lowest BCUT2D eigenvalue weighted by molar-refractivity contribution is 0.00945. The Hall–Kier alpha value is -3.10. The van der Waals surface area contributed by atoms with Crippen LogP contribution in [0.1, 0.15) is 61.2 Å². The molecule has 0 atom stereocenters. The maximum absolute atomic E-state index is 11.3. The molecule has 3 aromatic rings. The van der Waals surface area contributed by atoms with Gasteiger partial charge in [-0.25, -0.2) is 9.78 Å². The first-order valence-corrected chi connectivity index (χ1v) is 12.4. The highest BCUT2D eigenvalue weighted by atomic mass is 16.4. The maximum atomic E-state index is 11.3. The molecule has 1 aliphatic heterocycles. The van der Waals surface area contributed by atoms with Crippen molar-refractivity contribution in [2.75, 3.05) is 11.4 Å². The van der Waals surface area contributed by atoms with Crippen molar-refractivity contribution in [1.29, 1.82) is 0 Å². The summed E-state index contributed by atoms with van der Waals surface area (Å²) in [6.45, 7) is 6.94. The quantitative estimate of drug-likeness (QED) is 0.612. The molecule has 34 heavy (non-hydrogen) atoms. The Bertz CT molecular complexity index is 1270. The lowest BCUT2D eigenvalue weighted by Crippen LogP contribution is -2.57. The van der Waals surface area contributed by atoms with Crippen LogP contribution in [-0.4, -0.2) is 47.8 Å². The van der Waals surface area contributed by atoms with Crippen molar-refractivity contribution in [1.82, 2.24) is 29.9 Å². The SMILES string of the molecule is Cc1cc(N2CCc3c(c(C)nn3CC34CCC(NC(=O)O)(CC3)CC4)C2)c2cnn(C)c2n1. The van der Waals surface area contributed by atoms with Crippen LogP contribution in [0.4, 0.5) is 10.5 Å². The van der Waals surface area contributed by atoms with E-state index in [2.05, 4.69) is 38.0 Å². The van der Waals surface area contributed by atoms with Gasteiger partial charge >= 0.3 is 6.09 Å². The topological polar surface area (TPSA) is 101 Å². The first-order valence-electron chi connectivity index (χ1n) is 12.4. The van der Waals surface area contributed by atoms with Gasteiger partial charge in [0.2, 0.25) is 0 Å². The maximum Gasteiger partial charge on any atom is 0.405 e. The Morgan fingerprint density at radius 2 is 1.91 bits per heavy atom. The smallest absolute Gasteiger partial charge is 0.405 e. The van der Waals surface area contributed by atoms with Crippen LogP contribution in [0.25, 0.3) is 11.0 Å². The number of amides is 1. The molecule has 9 nitrogen and oxygen atoms in total. The van der Waals surface area contributed by atoms with Crippen LogP contribution < -0.4 is 10.2 Å². The fourth-order valence-corrected chi connectivity index (χ4v) is 6.71. The Morgan fingerprint density at radius 1 is 1.18 bits per heavy atom. The van der Waals surface area contributed by atoms with E-state index in [-0.39, 0.29) is 11.0 Å². The third-order valence-electron chi connectivity index (χ3n) is 8.75. The van der Waals surface area contributed by atoms with Crippen molar-refractivity contribution >= 4 is 22.8 Å². The first kappa shape index (κ1) is 21.4. The van der Waals surface area contributed by atoms with Crippen LogP contribution in [0.2, 0.25) is 0 Å². The summed E-state index contributed by atoms with van der Waals surface area (Å²) in [5, 5.41) is 22.7. The molecule has 4 heterocycles. The van der Waals surface area contributed by atoms with E-state index in [4.69, 9.17) is 5.10 Å². The van der Waals surface area contributed by atoms with Crippen LogP contribution in [0.5, 0.6) is 0 Å².